The molecule has 0 fully saturated rings. The number of rotatable bonds is 7. The van der Waals surface area contributed by atoms with E-state index in [4.69, 9.17) is 14.2 Å². The number of thiophene rings is 1. The number of nitrogens with zero attached hydrogens (tertiary/aromatic N) is 1. The van der Waals surface area contributed by atoms with Gasteiger partial charge in [0.2, 0.25) is 0 Å². The van der Waals surface area contributed by atoms with Crippen molar-refractivity contribution in [3.63, 3.8) is 0 Å². The van der Waals surface area contributed by atoms with E-state index in [9.17, 15) is 0 Å². The van der Waals surface area contributed by atoms with Crippen LogP contribution in [0.2, 0.25) is 0 Å². The van der Waals surface area contributed by atoms with Gasteiger partial charge in [0.1, 0.15) is 0 Å². The lowest BCUT2D eigenvalue weighted by Gasteiger charge is -2.20. The van der Waals surface area contributed by atoms with Gasteiger partial charge in [0.15, 0.2) is 11.5 Å². The van der Waals surface area contributed by atoms with Crippen LogP contribution in [0.1, 0.15) is 28.5 Å². The van der Waals surface area contributed by atoms with Gasteiger partial charge in [0, 0.05) is 37.7 Å². The Kier molecular flexibility index (Phi) is 5.31. The third kappa shape index (κ3) is 3.74. The summed E-state index contributed by atoms with van der Waals surface area (Å²) in [5, 5.41) is 2.10. The molecule has 1 atom stereocenters. The topological polar surface area (TPSA) is 40.0 Å². The number of methoxy groups -OCH3 is 2. The largest absolute Gasteiger partial charge is 0.493 e. The van der Waals surface area contributed by atoms with Gasteiger partial charge in [-0.3, -0.25) is 4.99 Å². The fourth-order valence-corrected chi connectivity index (χ4v) is 3.43. The zero-order chi connectivity index (χ0) is 16.1. The second-order valence-electron chi connectivity index (χ2n) is 5.41. The van der Waals surface area contributed by atoms with Gasteiger partial charge < -0.3 is 14.2 Å². The molecule has 3 rings (SSSR count). The number of aliphatic imine (C=N–C) groups is 1. The van der Waals surface area contributed by atoms with Crippen LogP contribution in [0.5, 0.6) is 11.5 Å². The first kappa shape index (κ1) is 16.0. The summed E-state index contributed by atoms with van der Waals surface area (Å²) in [7, 11) is 3.36. The molecule has 1 unspecified atom stereocenters. The first-order valence-electron chi connectivity index (χ1n) is 7.71. The molecule has 5 heteroatoms. The second-order valence-corrected chi connectivity index (χ2v) is 6.39. The van der Waals surface area contributed by atoms with Crippen molar-refractivity contribution < 1.29 is 14.2 Å². The van der Waals surface area contributed by atoms with Crippen molar-refractivity contribution >= 4 is 17.6 Å². The summed E-state index contributed by atoms with van der Waals surface area (Å²) in [6.45, 7) is 1.31. The van der Waals surface area contributed by atoms with E-state index >= 15 is 0 Å². The number of benzene rings is 1. The monoisotopic (exact) mass is 331 g/mol. The van der Waals surface area contributed by atoms with Crippen molar-refractivity contribution in [2.45, 2.75) is 18.9 Å². The summed E-state index contributed by atoms with van der Waals surface area (Å²) in [5.41, 5.74) is 2.36. The minimum Gasteiger partial charge on any atom is -0.493 e. The minimum absolute atomic E-state index is 0.206. The Bertz CT molecular complexity index is 667. The SMILES string of the molecule is COCCCOc1cc2c(cc1OC)C=NC(c1cccs1)C2. The lowest BCUT2D eigenvalue weighted by Crippen LogP contribution is -2.10. The fourth-order valence-electron chi connectivity index (χ4n) is 2.66. The summed E-state index contributed by atoms with van der Waals surface area (Å²) in [5.74, 6) is 1.55. The fraction of sp³-hybridized carbons (Fsp3) is 0.389. The van der Waals surface area contributed by atoms with E-state index in [0.29, 0.717) is 13.2 Å². The summed E-state index contributed by atoms with van der Waals surface area (Å²) >= 11 is 1.75. The Labute approximate surface area is 140 Å². The average Bonchev–Trinajstić information content (AvgIpc) is 3.12. The molecule has 4 nitrogen and oxygen atoms in total. The summed E-state index contributed by atoms with van der Waals surface area (Å²) in [4.78, 5) is 5.97. The van der Waals surface area contributed by atoms with Crippen molar-refractivity contribution in [3.8, 4) is 11.5 Å². The molecule has 0 radical (unpaired) electrons. The predicted octanol–water partition coefficient (Wildman–Crippen LogP) is 3.89. The van der Waals surface area contributed by atoms with Crippen molar-refractivity contribution in [1.29, 1.82) is 0 Å². The van der Waals surface area contributed by atoms with E-state index in [0.717, 1.165) is 29.9 Å². The molecule has 0 aliphatic carbocycles. The van der Waals surface area contributed by atoms with Crippen LogP contribution in [-0.2, 0) is 11.2 Å². The normalized spacial score (nSPS) is 16.2. The highest BCUT2D eigenvalue weighted by atomic mass is 32.1. The Morgan fingerprint density at radius 1 is 1.22 bits per heavy atom. The third-order valence-corrected chi connectivity index (χ3v) is 4.83. The van der Waals surface area contributed by atoms with Gasteiger partial charge in [-0.2, -0.15) is 0 Å². The second kappa shape index (κ2) is 7.62. The molecule has 1 aliphatic rings. The van der Waals surface area contributed by atoms with E-state index in [1.54, 1.807) is 25.6 Å². The molecule has 0 N–H and O–H groups in total. The van der Waals surface area contributed by atoms with E-state index in [-0.39, 0.29) is 6.04 Å². The van der Waals surface area contributed by atoms with Crippen LogP contribution in [0, 0.1) is 0 Å². The van der Waals surface area contributed by atoms with Crippen LogP contribution in [0.4, 0.5) is 0 Å². The first-order chi connectivity index (χ1) is 11.3. The molecular weight excluding hydrogens is 310 g/mol. The van der Waals surface area contributed by atoms with Crippen LogP contribution in [0.3, 0.4) is 0 Å². The molecule has 0 saturated heterocycles. The maximum Gasteiger partial charge on any atom is 0.161 e. The van der Waals surface area contributed by atoms with Crippen LogP contribution in [0.15, 0.2) is 34.6 Å². The van der Waals surface area contributed by atoms with Gasteiger partial charge in [-0.1, -0.05) is 6.07 Å². The maximum atomic E-state index is 5.88. The van der Waals surface area contributed by atoms with Crippen molar-refractivity contribution in [1.82, 2.24) is 0 Å². The molecule has 2 aromatic rings. The molecule has 122 valence electrons. The smallest absolute Gasteiger partial charge is 0.161 e. The average molecular weight is 331 g/mol. The van der Waals surface area contributed by atoms with Crippen molar-refractivity contribution in [3.05, 3.63) is 45.6 Å². The molecule has 0 amide bonds. The zero-order valence-corrected chi connectivity index (χ0v) is 14.3. The Morgan fingerprint density at radius 2 is 2.13 bits per heavy atom. The highest BCUT2D eigenvalue weighted by Gasteiger charge is 2.20. The molecule has 0 spiro atoms. The van der Waals surface area contributed by atoms with Gasteiger partial charge in [-0.15, -0.1) is 11.3 Å². The summed E-state index contributed by atoms with van der Waals surface area (Å²) < 4.78 is 16.4. The summed E-state index contributed by atoms with van der Waals surface area (Å²) in [6, 6.07) is 8.52. The quantitative estimate of drug-likeness (QED) is 0.723. The Balaban J connectivity index is 1.78. The Hall–Kier alpha value is -1.85. The van der Waals surface area contributed by atoms with Gasteiger partial charge in [0.25, 0.3) is 0 Å². The zero-order valence-electron chi connectivity index (χ0n) is 13.5. The van der Waals surface area contributed by atoms with E-state index in [1.165, 1.54) is 10.4 Å². The molecule has 1 aromatic carbocycles. The van der Waals surface area contributed by atoms with Crippen molar-refractivity contribution in [2.75, 3.05) is 27.4 Å². The van der Waals surface area contributed by atoms with Gasteiger partial charge in [0.05, 0.1) is 19.8 Å². The van der Waals surface area contributed by atoms with Crippen LogP contribution >= 0.6 is 11.3 Å². The molecular formula is C18H21NO3S. The number of hydrogen-bond acceptors (Lipinski definition) is 5. The molecule has 23 heavy (non-hydrogen) atoms. The molecule has 1 aromatic heterocycles. The van der Waals surface area contributed by atoms with Gasteiger partial charge in [-0.05, 0) is 34.7 Å². The third-order valence-electron chi connectivity index (χ3n) is 3.85. The highest BCUT2D eigenvalue weighted by Crippen LogP contribution is 2.36. The molecule has 1 aliphatic heterocycles. The van der Waals surface area contributed by atoms with Crippen LogP contribution < -0.4 is 9.47 Å². The van der Waals surface area contributed by atoms with E-state index < -0.39 is 0 Å². The van der Waals surface area contributed by atoms with Gasteiger partial charge >= 0.3 is 0 Å². The first-order valence-corrected chi connectivity index (χ1v) is 8.59. The predicted molar refractivity (Wildman–Crippen MR) is 93.3 cm³/mol. The molecule has 2 heterocycles. The lowest BCUT2D eigenvalue weighted by molar-refractivity contribution is 0.170. The number of hydrogen-bond donors (Lipinski definition) is 0. The number of ether oxygens (including phenoxy) is 3. The number of fused-ring (bicyclic) bond motifs is 1. The summed E-state index contributed by atoms with van der Waals surface area (Å²) in [6.07, 6.45) is 3.70. The molecule has 0 bridgehead atoms. The standard InChI is InChI=1S/C18H21NO3S/c1-20-6-4-7-22-17-10-13-9-15(18-5-3-8-23-18)19-12-14(13)11-16(17)21-2/h3,5,8,10-12,15H,4,6-7,9H2,1-2H3. The van der Waals surface area contributed by atoms with Crippen LogP contribution in [-0.4, -0.2) is 33.6 Å². The van der Waals surface area contributed by atoms with Gasteiger partial charge in [-0.25, -0.2) is 0 Å². The Morgan fingerprint density at radius 3 is 2.87 bits per heavy atom. The van der Waals surface area contributed by atoms with E-state index in [1.807, 2.05) is 12.3 Å². The highest BCUT2D eigenvalue weighted by molar-refractivity contribution is 7.10. The lowest BCUT2D eigenvalue weighted by atomic mass is 9.96. The van der Waals surface area contributed by atoms with Crippen molar-refractivity contribution in [2.24, 2.45) is 4.99 Å². The maximum absolute atomic E-state index is 5.88. The minimum atomic E-state index is 0.206. The molecule has 0 saturated carbocycles. The van der Waals surface area contributed by atoms with Crippen LogP contribution in [0.25, 0.3) is 0 Å². The van der Waals surface area contributed by atoms with E-state index in [2.05, 4.69) is 28.6 Å².